The zero-order valence-corrected chi connectivity index (χ0v) is 10.7. The maximum Gasteiger partial charge on any atom is 0.270 e. The maximum atomic E-state index is 11.8. The Labute approximate surface area is 115 Å². The fourth-order valence-corrected chi connectivity index (χ4v) is 1.74. The first-order chi connectivity index (χ1) is 9.66. The largest absolute Gasteiger partial charge is 0.352 e. The van der Waals surface area contributed by atoms with Gasteiger partial charge in [0.25, 0.3) is 11.6 Å². The van der Waals surface area contributed by atoms with Crippen LogP contribution in [0.2, 0.25) is 0 Å². The van der Waals surface area contributed by atoms with E-state index in [2.05, 4.69) is 10.4 Å². The second kappa shape index (κ2) is 6.46. The maximum absolute atomic E-state index is 11.8. The van der Waals surface area contributed by atoms with Crippen molar-refractivity contribution in [1.29, 1.82) is 0 Å². The molecule has 104 valence electrons. The van der Waals surface area contributed by atoms with Crippen molar-refractivity contribution < 1.29 is 9.72 Å². The molecule has 1 aromatic heterocycles. The van der Waals surface area contributed by atoms with Gasteiger partial charge in [0.2, 0.25) is 0 Å². The standard InChI is InChI=1S/C13H14N4O3/c18-13(11-4-1-5-12(10-11)17(19)20)14-6-2-8-16-9-3-7-15-16/h1,3-5,7,9-10H,2,6,8H2,(H,14,18). The number of non-ortho nitro benzene ring substituents is 1. The SMILES string of the molecule is O=C(NCCCn1cccn1)c1cccc([N+](=O)[O-])c1. The first kappa shape index (κ1) is 13.7. The van der Waals surface area contributed by atoms with E-state index in [1.807, 2.05) is 12.3 Å². The van der Waals surface area contributed by atoms with E-state index in [4.69, 9.17) is 0 Å². The predicted octanol–water partition coefficient (Wildman–Crippen LogP) is 1.61. The zero-order chi connectivity index (χ0) is 14.4. The van der Waals surface area contributed by atoms with Gasteiger partial charge in [-0.25, -0.2) is 0 Å². The highest BCUT2D eigenvalue weighted by atomic mass is 16.6. The number of aryl methyl sites for hydroxylation is 1. The van der Waals surface area contributed by atoms with Crippen LogP contribution in [0.3, 0.4) is 0 Å². The Morgan fingerprint density at radius 3 is 2.95 bits per heavy atom. The van der Waals surface area contributed by atoms with Crippen LogP contribution < -0.4 is 5.32 Å². The minimum atomic E-state index is -0.519. The van der Waals surface area contributed by atoms with Gasteiger partial charge in [0.1, 0.15) is 0 Å². The smallest absolute Gasteiger partial charge is 0.270 e. The normalized spacial score (nSPS) is 10.2. The second-order valence-corrected chi connectivity index (χ2v) is 4.19. The third-order valence-corrected chi connectivity index (χ3v) is 2.73. The first-order valence-corrected chi connectivity index (χ1v) is 6.17. The van der Waals surface area contributed by atoms with Gasteiger partial charge in [-0.3, -0.25) is 19.6 Å². The van der Waals surface area contributed by atoms with E-state index in [1.54, 1.807) is 16.9 Å². The summed E-state index contributed by atoms with van der Waals surface area (Å²) in [5.41, 5.74) is 0.201. The molecule has 7 heteroatoms. The van der Waals surface area contributed by atoms with Gasteiger partial charge < -0.3 is 5.32 Å². The van der Waals surface area contributed by atoms with Crippen LogP contribution in [0.15, 0.2) is 42.7 Å². The number of nitrogens with one attached hydrogen (secondary N) is 1. The summed E-state index contributed by atoms with van der Waals surface area (Å²) in [7, 11) is 0. The van der Waals surface area contributed by atoms with Gasteiger partial charge in [-0.2, -0.15) is 5.10 Å². The van der Waals surface area contributed by atoms with Gasteiger partial charge >= 0.3 is 0 Å². The lowest BCUT2D eigenvalue weighted by atomic mass is 10.2. The third-order valence-electron chi connectivity index (χ3n) is 2.73. The number of rotatable bonds is 6. The summed E-state index contributed by atoms with van der Waals surface area (Å²) in [6.07, 6.45) is 4.28. The van der Waals surface area contributed by atoms with Gasteiger partial charge in [0.15, 0.2) is 0 Å². The highest BCUT2D eigenvalue weighted by Gasteiger charge is 2.10. The van der Waals surface area contributed by atoms with Crippen molar-refractivity contribution in [1.82, 2.24) is 15.1 Å². The topological polar surface area (TPSA) is 90.1 Å². The molecule has 1 aromatic carbocycles. The van der Waals surface area contributed by atoms with Gasteiger partial charge in [0, 0.05) is 43.2 Å². The van der Waals surface area contributed by atoms with E-state index < -0.39 is 4.92 Å². The zero-order valence-electron chi connectivity index (χ0n) is 10.7. The number of benzene rings is 1. The van der Waals surface area contributed by atoms with Crippen LogP contribution >= 0.6 is 0 Å². The van der Waals surface area contributed by atoms with E-state index in [1.165, 1.54) is 18.2 Å². The van der Waals surface area contributed by atoms with Crippen molar-refractivity contribution in [2.45, 2.75) is 13.0 Å². The van der Waals surface area contributed by atoms with Crippen LogP contribution in [0.4, 0.5) is 5.69 Å². The molecule has 1 N–H and O–H groups in total. The Kier molecular flexibility index (Phi) is 4.43. The van der Waals surface area contributed by atoms with E-state index >= 15 is 0 Å². The molecule has 0 unspecified atom stereocenters. The fraction of sp³-hybridized carbons (Fsp3) is 0.231. The van der Waals surface area contributed by atoms with E-state index in [9.17, 15) is 14.9 Å². The van der Waals surface area contributed by atoms with Crippen molar-refractivity contribution in [3.8, 4) is 0 Å². The summed E-state index contributed by atoms with van der Waals surface area (Å²) in [5, 5.41) is 17.4. The lowest BCUT2D eigenvalue weighted by Gasteiger charge is -2.05. The fourth-order valence-electron chi connectivity index (χ4n) is 1.74. The second-order valence-electron chi connectivity index (χ2n) is 4.19. The molecule has 0 spiro atoms. The van der Waals surface area contributed by atoms with Crippen LogP contribution in [0, 0.1) is 10.1 Å². The van der Waals surface area contributed by atoms with Crippen LogP contribution in [-0.4, -0.2) is 27.2 Å². The number of nitrogens with zero attached hydrogens (tertiary/aromatic N) is 3. The summed E-state index contributed by atoms with van der Waals surface area (Å²) in [6.45, 7) is 1.20. The highest BCUT2D eigenvalue weighted by molar-refractivity contribution is 5.94. The molecule has 2 rings (SSSR count). The number of hydrogen-bond acceptors (Lipinski definition) is 4. The number of carbonyl (C=O) groups is 1. The molecule has 0 bridgehead atoms. The monoisotopic (exact) mass is 274 g/mol. The van der Waals surface area contributed by atoms with Crippen molar-refractivity contribution in [3.63, 3.8) is 0 Å². The van der Waals surface area contributed by atoms with Crippen molar-refractivity contribution in [3.05, 3.63) is 58.4 Å². The molecule has 0 saturated carbocycles. The van der Waals surface area contributed by atoms with Crippen LogP contribution in [0.25, 0.3) is 0 Å². The first-order valence-electron chi connectivity index (χ1n) is 6.17. The molecule has 0 aliphatic carbocycles. The summed E-state index contributed by atoms with van der Waals surface area (Å²) < 4.78 is 1.78. The minimum absolute atomic E-state index is 0.0887. The molecule has 1 heterocycles. The molecule has 0 aliphatic rings. The molecular formula is C13H14N4O3. The molecule has 0 fully saturated rings. The van der Waals surface area contributed by atoms with Crippen LogP contribution in [0.1, 0.15) is 16.8 Å². The van der Waals surface area contributed by atoms with E-state index in [0.29, 0.717) is 18.7 Å². The molecule has 0 aliphatic heterocycles. The van der Waals surface area contributed by atoms with Gasteiger partial charge in [-0.1, -0.05) is 6.07 Å². The van der Waals surface area contributed by atoms with Crippen molar-refractivity contribution >= 4 is 11.6 Å². The Morgan fingerprint density at radius 2 is 2.25 bits per heavy atom. The average molecular weight is 274 g/mol. The molecule has 7 nitrogen and oxygen atoms in total. The Balaban J connectivity index is 1.82. The van der Waals surface area contributed by atoms with Gasteiger partial charge in [-0.05, 0) is 18.6 Å². The lowest BCUT2D eigenvalue weighted by Crippen LogP contribution is -2.25. The van der Waals surface area contributed by atoms with Gasteiger partial charge in [0.05, 0.1) is 4.92 Å². The minimum Gasteiger partial charge on any atom is -0.352 e. The van der Waals surface area contributed by atoms with E-state index in [-0.39, 0.29) is 11.6 Å². The third kappa shape index (κ3) is 3.64. The van der Waals surface area contributed by atoms with Crippen molar-refractivity contribution in [2.75, 3.05) is 6.54 Å². The quantitative estimate of drug-likeness (QED) is 0.492. The summed E-state index contributed by atoms with van der Waals surface area (Å²) in [4.78, 5) is 21.9. The summed E-state index contributed by atoms with van der Waals surface area (Å²) >= 11 is 0. The molecule has 0 saturated heterocycles. The molecule has 2 aromatic rings. The predicted molar refractivity (Wildman–Crippen MR) is 72.3 cm³/mol. The Bertz CT molecular complexity index is 595. The Morgan fingerprint density at radius 1 is 1.40 bits per heavy atom. The molecule has 1 amide bonds. The molecular weight excluding hydrogens is 260 g/mol. The summed E-state index contributed by atoms with van der Waals surface area (Å²) in [5.74, 6) is -0.311. The number of aromatic nitrogens is 2. The average Bonchev–Trinajstić information content (AvgIpc) is 2.96. The number of hydrogen-bond donors (Lipinski definition) is 1. The number of amides is 1. The number of nitro groups is 1. The number of carbonyl (C=O) groups excluding carboxylic acids is 1. The summed E-state index contributed by atoms with van der Waals surface area (Å²) in [6, 6.07) is 7.51. The van der Waals surface area contributed by atoms with Crippen molar-refractivity contribution in [2.24, 2.45) is 0 Å². The van der Waals surface area contributed by atoms with Crippen LogP contribution in [-0.2, 0) is 6.54 Å². The molecule has 0 radical (unpaired) electrons. The lowest BCUT2D eigenvalue weighted by molar-refractivity contribution is -0.384. The molecule has 0 atom stereocenters. The van der Waals surface area contributed by atoms with Gasteiger partial charge in [-0.15, -0.1) is 0 Å². The number of nitro benzene ring substituents is 1. The molecule has 20 heavy (non-hydrogen) atoms. The highest BCUT2D eigenvalue weighted by Crippen LogP contribution is 2.12. The van der Waals surface area contributed by atoms with E-state index in [0.717, 1.165) is 6.42 Å². The Hall–Kier alpha value is -2.70. The van der Waals surface area contributed by atoms with Crippen LogP contribution in [0.5, 0.6) is 0 Å².